The van der Waals surface area contributed by atoms with Crippen LogP contribution in [0.1, 0.15) is 16.7 Å². The van der Waals surface area contributed by atoms with Gasteiger partial charge in [0.25, 0.3) is 0 Å². The monoisotopic (exact) mass is 421 g/mol. The highest BCUT2D eigenvalue weighted by molar-refractivity contribution is 7.99. The summed E-state index contributed by atoms with van der Waals surface area (Å²) in [6.07, 6.45) is 3.07. The number of aryl methyl sites for hydroxylation is 1. The maximum absolute atomic E-state index is 4.36. The Bertz CT molecular complexity index is 987. The van der Waals surface area contributed by atoms with Gasteiger partial charge in [0, 0.05) is 67.5 Å². The Balaban J connectivity index is 1.25. The predicted octanol–water partition coefficient (Wildman–Crippen LogP) is 3.94. The van der Waals surface area contributed by atoms with E-state index in [1.807, 2.05) is 18.8 Å². The minimum Gasteiger partial charge on any atom is -0.370 e. The van der Waals surface area contributed by atoms with Gasteiger partial charge in [0.05, 0.1) is 0 Å². The molecule has 0 aliphatic carbocycles. The summed E-state index contributed by atoms with van der Waals surface area (Å²) in [6.45, 7) is 6.02. The molecule has 0 unspecified atom stereocenters. The van der Waals surface area contributed by atoms with Crippen LogP contribution in [-0.2, 0) is 13.0 Å². The van der Waals surface area contributed by atoms with E-state index in [2.05, 4.69) is 81.1 Å². The van der Waals surface area contributed by atoms with Gasteiger partial charge in [-0.15, -0.1) is 0 Å². The van der Waals surface area contributed by atoms with E-state index in [9.17, 15) is 0 Å². The lowest BCUT2D eigenvalue weighted by atomic mass is 10.1. The molecule has 158 valence electrons. The third-order valence-electron chi connectivity index (χ3n) is 5.61. The molecule has 3 aromatic rings. The third kappa shape index (κ3) is 5.11. The number of guanidine groups is 1. The van der Waals surface area contributed by atoms with E-state index in [0.717, 1.165) is 38.6 Å². The summed E-state index contributed by atoms with van der Waals surface area (Å²) in [7, 11) is 1.82. The Morgan fingerprint density at radius 3 is 2.67 bits per heavy atom. The summed E-state index contributed by atoms with van der Waals surface area (Å²) >= 11 is 2.04. The second-order valence-corrected chi connectivity index (χ2v) is 8.96. The lowest BCUT2D eigenvalue weighted by molar-refractivity contribution is 0.796. The number of H-pyrrole nitrogens is 1. The number of nitrogens with one attached hydrogen (secondary N) is 3. The van der Waals surface area contributed by atoms with E-state index in [0.29, 0.717) is 0 Å². The molecule has 5 nitrogen and oxygen atoms in total. The topological polar surface area (TPSA) is 55.5 Å². The van der Waals surface area contributed by atoms with E-state index in [1.54, 1.807) is 0 Å². The second-order valence-electron chi connectivity index (χ2n) is 7.73. The molecular formula is C24H31N5S. The van der Waals surface area contributed by atoms with Gasteiger partial charge in [0.2, 0.25) is 0 Å². The van der Waals surface area contributed by atoms with Crippen molar-refractivity contribution >= 4 is 34.3 Å². The van der Waals surface area contributed by atoms with Crippen molar-refractivity contribution in [2.45, 2.75) is 19.9 Å². The highest BCUT2D eigenvalue weighted by Crippen LogP contribution is 2.20. The number of nitrogens with zero attached hydrogens (tertiary/aromatic N) is 2. The van der Waals surface area contributed by atoms with Gasteiger partial charge in [-0.05, 0) is 48.2 Å². The molecule has 0 radical (unpaired) electrons. The molecule has 2 aromatic carbocycles. The fourth-order valence-corrected chi connectivity index (χ4v) is 4.78. The number of hydrogen-bond acceptors (Lipinski definition) is 3. The summed E-state index contributed by atoms with van der Waals surface area (Å²) in [5.74, 6) is 3.29. The minimum absolute atomic E-state index is 0.766. The molecule has 0 atom stereocenters. The molecule has 1 aliphatic rings. The number of aromatic nitrogens is 1. The van der Waals surface area contributed by atoms with E-state index < -0.39 is 0 Å². The van der Waals surface area contributed by atoms with Crippen molar-refractivity contribution < 1.29 is 0 Å². The van der Waals surface area contributed by atoms with Crippen LogP contribution in [0.3, 0.4) is 0 Å². The molecule has 0 amide bonds. The molecule has 2 heterocycles. The van der Waals surface area contributed by atoms with E-state index in [1.165, 1.54) is 44.8 Å². The van der Waals surface area contributed by atoms with Crippen molar-refractivity contribution in [1.82, 2.24) is 15.6 Å². The number of benzene rings is 2. The van der Waals surface area contributed by atoms with Crippen LogP contribution in [0.25, 0.3) is 10.9 Å². The molecule has 3 N–H and O–H groups in total. The summed E-state index contributed by atoms with van der Waals surface area (Å²) in [5.41, 5.74) is 6.41. The van der Waals surface area contributed by atoms with Gasteiger partial charge >= 0.3 is 0 Å². The van der Waals surface area contributed by atoms with Crippen molar-refractivity contribution in [2.24, 2.45) is 4.99 Å². The number of aliphatic imine (C=N–C) groups is 1. The lowest BCUT2D eigenvalue weighted by Gasteiger charge is -2.28. The summed E-state index contributed by atoms with van der Waals surface area (Å²) in [5, 5.41) is 8.16. The standard InChI is InChI=1S/C24H31N5S/c1-18-3-8-22-20(17-27-23(22)15-18)9-10-26-24(25-2)28-16-19-4-6-21(7-5-19)29-11-13-30-14-12-29/h3-8,15,17,27H,9-14,16H2,1-2H3,(H2,25,26,28). The van der Waals surface area contributed by atoms with Crippen molar-refractivity contribution in [3.63, 3.8) is 0 Å². The second kappa shape index (κ2) is 9.94. The maximum atomic E-state index is 4.36. The predicted molar refractivity (Wildman–Crippen MR) is 131 cm³/mol. The van der Waals surface area contributed by atoms with Gasteiger partial charge in [0.15, 0.2) is 5.96 Å². The molecule has 6 heteroatoms. The lowest BCUT2D eigenvalue weighted by Crippen LogP contribution is -2.37. The first-order valence-electron chi connectivity index (χ1n) is 10.7. The highest BCUT2D eigenvalue weighted by atomic mass is 32.2. The number of rotatable bonds is 6. The van der Waals surface area contributed by atoms with Crippen molar-refractivity contribution in [1.29, 1.82) is 0 Å². The van der Waals surface area contributed by atoms with Crippen LogP contribution in [0.2, 0.25) is 0 Å². The maximum Gasteiger partial charge on any atom is 0.191 e. The molecule has 30 heavy (non-hydrogen) atoms. The van der Waals surface area contributed by atoms with Crippen molar-refractivity contribution in [3.05, 3.63) is 65.4 Å². The number of thioether (sulfide) groups is 1. The smallest absolute Gasteiger partial charge is 0.191 e. The van der Waals surface area contributed by atoms with Crippen LogP contribution >= 0.6 is 11.8 Å². The Hall–Kier alpha value is -2.60. The largest absolute Gasteiger partial charge is 0.370 e. The van der Waals surface area contributed by atoms with Crippen LogP contribution in [0.4, 0.5) is 5.69 Å². The summed E-state index contributed by atoms with van der Waals surface area (Å²) in [4.78, 5) is 10.2. The average Bonchev–Trinajstić information content (AvgIpc) is 3.19. The average molecular weight is 422 g/mol. The van der Waals surface area contributed by atoms with Crippen LogP contribution in [-0.4, -0.2) is 49.1 Å². The van der Waals surface area contributed by atoms with E-state index >= 15 is 0 Å². The zero-order valence-electron chi connectivity index (χ0n) is 17.9. The van der Waals surface area contributed by atoms with E-state index in [-0.39, 0.29) is 0 Å². The summed E-state index contributed by atoms with van der Waals surface area (Å²) in [6, 6.07) is 15.5. The van der Waals surface area contributed by atoms with Crippen LogP contribution in [0.15, 0.2) is 53.7 Å². The zero-order chi connectivity index (χ0) is 20.8. The fourth-order valence-electron chi connectivity index (χ4n) is 3.88. The Labute approximate surface area is 183 Å². The fraction of sp³-hybridized carbons (Fsp3) is 0.375. The Morgan fingerprint density at radius 1 is 1.10 bits per heavy atom. The van der Waals surface area contributed by atoms with Crippen LogP contribution in [0, 0.1) is 6.92 Å². The van der Waals surface area contributed by atoms with Crippen LogP contribution < -0.4 is 15.5 Å². The molecule has 0 saturated carbocycles. The first kappa shape index (κ1) is 20.7. The van der Waals surface area contributed by atoms with Gasteiger partial charge in [-0.3, -0.25) is 4.99 Å². The molecule has 1 fully saturated rings. The van der Waals surface area contributed by atoms with Gasteiger partial charge in [0.1, 0.15) is 0 Å². The van der Waals surface area contributed by atoms with Gasteiger partial charge in [-0.2, -0.15) is 11.8 Å². The number of hydrogen-bond donors (Lipinski definition) is 3. The SMILES string of the molecule is CN=C(NCCc1c[nH]c2cc(C)ccc12)NCc1ccc(N2CCSCC2)cc1. The number of anilines is 1. The number of aromatic amines is 1. The minimum atomic E-state index is 0.766. The third-order valence-corrected chi connectivity index (χ3v) is 6.55. The first-order chi connectivity index (χ1) is 14.7. The normalized spacial score (nSPS) is 14.9. The molecule has 1 saturated heterocycles. The Kier molecular flexibility index (Phi) is 6.84. The van der Waals surface area contributed by atoms with Gasteiger partial charge < -0.3 is 20.5 Å². The quantitative estimate of drug-likeness (QED) is 0.417. The van der Waals surface area contributed by atoms with Crippen molar-refractivity contribution in [2.75, 3.05) is 43.1 Å². The van der Waals surface area contributed by atoms with E-state index in [4.69, 9.17) is 0 Å². The number of fused-ring (bicyclic) bond motifs is 1. The zero-order valence-corrected chi connectivity index (χ0v) is 18.7. The molecule has 0 spiro atoms. The van der Waals surface area contributed by atoms with Gasteiger partial charge in [-0.1, -0.05) is 24.3 Å². The molecule has 4 rings (SSSR count). The molecule has 0 bridgehead atoms. The molecular weight excluding hydrogens is 390 g/mol. The molecule has 1 aliphatic heterocycles. The van der Waals surface area contributed by atoms with Crippen LogP contribution in [0.5, 0.6) is 0 Å². The van der Waals surface area contributed by atoms with Crippen molar-refractivity contribution in [3.8, 4) is 0 Å². The molecule has 1 aromatic heterocycles. The highest BCUT2D eigenvalue weighted by Gasteiger charge is 2.11. The first-order valence-corrected chi connectivity index (χ1v) is 11.8. The summed E-state index contributed by atoms with van der Waals surface area (Å²) < 4.78 is 0. The Morgan fingerprint density at radius 2 is 1.90 bits per heavy atom. The van der Waals surface area contributed by atoms with Gasteiger partial charge in [-0.25, -0.2) is 0 Å².